The molecule has 16 heavy (non-hydrogen) atoms. The summed E-state index contributed by atoms with van der Waals surface area (Å²) in [6.45, 7) is 1.88. The van der Waals surface area contributed by atoms with Crippen molar-refractivity contribution in [3.63, 3.8) is 0 Å². The Hall–Kier alpha value is -1.58. The highest BCUT2D eigenvalue weighted by atomic mass is 19.4. The molecule has 1 nitrogen and oxygen atoms in total. The molecule has 0 amide bonds. The van der Waals surface area contributed by atoms with Crippen molar-refractivity contribution in [3.8, 4) is 0 Å². The SMILES string of the molecule is CCc1nccc2c(C(F)(F)F)cccc12. The molecule has 1 aromatic heterocycles. The van der Waals surface area contributed by atoms with Gasteiger partial charge in [-0.25, -0.2) is 0 Å². The van der Waals surface area contributed by atoms with E-state index >= 15 is 0 Å². The highest BCUT2D eigenvalue weighted by molar-refractivity contribution is 5.87. The first-order chi connectivity index (χ1) is 7.54. The molecule has 0 spiro atoms. The molecule has 0 radical (unpaired) electrons. The van der Waals surface area contributed by atoms with Gasteiger partial charge in [-0.15, -0.1) is 0 Å². The number of nitrogens with zero attached hydrogens (tertiary/aromatic N) is 1. The van der Waals surface area contributed by atoms with Gasteiger partial charge in [0.2, 0.25) is 0 Å². The summed E-state index contributed by atoms with van der Waals surface area (Å²) in [7, 11) is 0. The standard InChI is InChI=1S/C12H10F3N/c1-2-11-9-4-3-5-10(12(13,14)15)8(9)6-7-16-11/h3-7H,2H2,1H3. The smallest absolute Gasteiger partial charge is 0.261 e. The van der Waals surface area contributed by atoms with Crippen LogP contribution >= 0.6 is 0 Å². The van der Waals surface area contributed by atoms with Gasteiger partial charge in [0.15, 0.2) is 0 Å². The van der Waals surface area contributed by atoms with Crippen LogP contribution in [0.25, 0.3) is 10.8 Å². The second kappa shape index (κ2) is 3.77. The molecular weight excluding hydrogens is 215 g/mol. The Bertz CT molecular complexity index is 517. The van der Waals surface area contributed by atoms with Gasteiger partial charge in [0.05, 0.1) is 5.56 Å². The van der Waals surface area contributed by atoms with Gasteiger partial charge in [-0.3, -0.25) is 4.98 Å². The average Bonchev–Trinajstić information content (AvgIpc) is 2.26. The van der Waals surface area contributed by atoms with E-state index < -0.39 is 11.7 Å². The number of hydrogen-bond acceptors (Lipinski definition) is 1. The van der Waals surface area contributed by atoms with E-state index in [4.69, 9.17) is 0 Å². The fourth-order valence-electron chi connectivity index (χ4n) is 1.80. The van der Waals surface area contributed by atoms with Crippen LogP contribution in [-0.2, 0) is 12.6 Å². The molecule has 0 bridgehead atoms. The van der Waals surface area contributed by atoms with Crippen LogP contribution < -0.4 is 0 Å². The summed E-state index contributed by atoms with van der Waals surface area (Å²) in [5.41, 5.74) is 0.102. The van der Waals surface area contributed by atoms with Crippen molar-refractivity contribution in [2.75, 3.05) is 0 Å². The number of aryl methyl sites for hydroxylation is 1. The molecule has 1 heterocycles. The predicted octanol–water partition coefficient (Wildman–Crippen LogP) is 3.82. The lowest BCUT2D eigenvalue weighted by atomic mass is 10.0. The molecule has 0 aliphatic carbocycles. The third-order valence-electron chi connectivity index (χ3n) is 2.53. The number of alkyl halides is 3. The Morgan fingerprint density at radius 2 is 1.88 bits per heavy atom. The third kappa shape index (κ3) is 1.75. The molecule has 2 aromatic rings. The number of pyridine rings is 1. The van der Waals surface area contributed by atoms with E-state index in [0.717, 1.165) is 6.07 Å². The number of aromatic nitrogens is 1. The molecule has 0 N–H and O–H groups in total. The summed E-state index contributed by atoms with van der Waals surface area (Å²) in [4.78, 5) is 4.08. The van der Waals surface area contributed by atoms with Crippen molar-refractivity contribution < 1.29 is 13.2 Å². The monoisotopic (exact) mass is 225 g/mol. The van der Waals surface area contributed by atoms with E-state index in [2.05, 4.69) is 4.98 Å². The zero-order valence-electron chi connectivity index (χ0n) is 8.67. The second-order valence-electron chi connectivity index (χ2n) is 3.51. The number of hydrogen-bond donors (Lipinski definition) is 0. The molecule has 0 fully saturated rings. The molecule has 84 valence electrons. The van der Waals surface area contributed by atoms with E-state index in [1.807, 2.05) is 6.92 Å². The molecule has 0 saturated carbocycles. The van der Waals surface area contributed by atoms with E-state index in [9.17, 15) is 13.2 Å². The fraction of sp³-hybridized carbons (Fsp3) is 0.250. The van der Waals surface area contributed by atoms with Crippen LogP contribution in [0.1, 0.15) is 18.2 Å². The first-order valence-corrected chi connectivity index (χ1v) is 4.98. The molecular formula is C12H10F3N. The minimum Gasteiger partial charge on any atom is -0.261 e. The summed E-state index contributed by atoms with van der Waals surface area (Å²) in [6, 6.07) is 5.61. The summed E-state index contributed by atoms with van der Waals surface area (Å²) in [5, 5.41) is 0.807. The fourth-order valence-corrected chi connectivity index (χ4v) is 1.80. The van der Waals surface area contributed by atoms with Crippen molar-refractivity contribution in [1.29, 1.82) is 0 Å². The number of benzene rings is 1. The Morgan fingerprint density at radius 1 is 1.12 bits per heavy atom. The Kier molecular flexibility index (Phi) is 2.58. The van der Waals surface area contributed by atoms with Crippen LogP contribution in [0.4, 0.5) is 13.2 Å². The van der Waals surface area contributed by atoms with Crippen LogP contribution in [0, 0.1) is 0 Å². The zero-order chi connectivity index (χ0) is 11.8. The van der Waals surface area contributed by atoms with Gasteiger partial charge in [-0.05, 0) is 23.9 Å². The maximum Gasteiger partial charge on any atom is 0.417 e. The predicted molar refractivity (Wildman–Crippen MR) is 56.1 cm³/mol. The van der Waals surface area contributed by atoms with Crippen LogP contribution in [0.3, 0.4) is 0 Å². The van der Waals surface area contributed by atoms with Gasteiger partial charge in [0, 0.05) is 17.3 Å². The van der Waals surface area contributed by atoms with Crippen LogP contribution in [0.15, 0.2) is 30.5 Å². The minimum absolute atomic E-state index is 0.224. The molecule has 0 aliphatic rings. The number of halogens is 3. The van der Waals surface area contributed by atoms with Crippen molar-refractivity contribution in [1.82, 2.24) is 4.98 Å². The van der Waals surface area contributed by atoms with Crippen molar-refractivity contribution in [2.45, 2.75) is 19.5 Å². The Labute approximate surface area is 90.9 Å². The second-order valence-corrected chi connectivity index (χ2v) is 3.51. The normalized spacial score (nSPS) is 12.0. The minimum atomic E-state index is -4.31. The lowest BCUT2D eigenvalue weighted by Gasteiger charge is -2.11. The average molecular weight is 225 g/mol. The highest BCUT2D eigenvalue weighted by Crippen LogP contribution is 2.35. The van der Waals surface area contributed by atoms with Crippen LogP contribution in [0.5, 0.6) is 0 Å². The molecule has 0 atom stereocenters. The van der Waals surface area contributed by atoms with Gasteiger partial charge >= 0.3 is 6.18 Å². The number of rotatable bonds is 1. The van der Waals surface area contributed by atoms with Crippen molar-refractivity contribution >= 4 is 10.8 Å². The lowest BCUT2D eigenvalue weighted by molar-refractivity contribution is -0.136. The highest BCUT2D eigenvalue weighted by Gasteiger charge is 2.32. The summed E-state index contributed by atoms with van der Waals surface area (Å²) in [5.74, 6) is 0. The molecule has 4 heteroatoms. The van der Waals surface area contributed by atoms with Gasteiger partial charge in [-0.1, -0.05) is 19.1 Å². The summed E-state index contributed by atoms with van der Waals surface area (Å²) >= 11 is 0. The summed E-state index contributed by atoms with van der Waals surface area (Å²) in [6.07, 6.45) is -2.26. The van der Waals surface area contributed by atoms with E-state index in [1.165, 1.54) is 18.3 Å². The van der Waals surface area contributed by atoms with E-state index in [1.54, 1.807) is 6.07 Å². The van der Waals surface area contributed by atoms with Gasteiger partial charge in [0.1, 0.15) is 0 Å². The molecule has 2 rings (SSSR count). The topological polar surface area (TPSA) is 12.9 Å². The Morgan fingerprint density at radius 3 is 2.50 bits per heavy atom. The van der Waals surface area contributed by atoms with Crippen LogP contribution in [0.2, 0.25) is 0 Å². The largest absolute Gasteiger partial charge is 0.417 e. The van der Waals surface area contributed by atoms with E-state index in [-0.39, 0.29) is 5.39 Å². The first-order valence-electron chi connectivity index (χ1n) is 4.98. The summed E-state index contributed by atoms with van der Waals surface area (Å²) < 4.78 is 38.2. The molecule has 0 aliphatic heterocycles. The number of fused-ring (bicyclic) bond motifs is 1. The third-order valence-corrected chi connectivity index (χ3v) is 2.53. The maximum atomic E-state index is 12.7. The quantitative estimate of drug-likeness (QED) is 0.719. The zero-order valence-corrected chi connectivity index (χ0v) is 8.67. The van der Waals surface area contributed by atoms with Crippen molar-refractivity contribution in [3.05, 3.63) is 41.7 Å². The van der Waals surface area contributed by atoms with Gasteiger partial charge < -0.3 is 0 Å². The Balaban J connectivity index is 2.79. The molecule has 1 aromatic carbocycles. The van der Waals surface area contributed by atoms with E-state index in [0.29, 0.717) is 17.5 Å². The van der Waals surface area contributed by atoms with Gasteiger partial charge in [0.25, 0.3) is 0 Å². The van der Waals surface area contributed by atoms with Crippen LogP contribution in [-0.4, -0.2) is 4.98 Å². The van der Waals surface area contributed by atoms with Crippen molar-refractivity contribution in [2.24, 2.45) is 0 Å². The first kappa shape index (κ1) is 10.9. The lowest BCUT2D eigenvalue weighted by Crippen LogP contribution is -2.06. The molecule has 0 saturated heterocycles. The maximum absolute atomic E-state index is 12.7. The van der Waals surface area contributed by atoms with Gasteiger partial charge in [-0.2, -0.15) is 13.2 Å². The molecule has 0 unspecified atom stereocenters.